The van der Waals surface area contributed by atoms with Crippen molar-refractivity contribution >= 4 is 17.8 Å². The molecule has 0 aromatic heterocycles. The van der Waals surface area contributed by atoms with Crippen molar-refractivity contribution in [1.82, 2.24) is 20.5 Å². The number of amides is 4. The van der Waals surface area contributed by atoms with Gasteiger partial charge < -0.3 is 5.32 Å². The third-order valence-corrected chi connectivity index (χ3v) is 5.43. The highest BCUT2D eigenvalue weighted by molar-refractivity contribution is 6.07. The van der Waals surface area contributed by atoms with Gasteiger partial charge in [0.25, 0.3) is 5.91 Å². The molecule has 2 aliphatic rings. The van der Waals surface area contributed by atoms with Crippen LogP contribution in [-0.2, 0) is 9.59 Å². The molecule has 0 aromatic rings. The van der Waals surface area contributed by atoms with Crippen LogP contribution >= 0.6 is 0 Å². The Morgan fingerprint density at radius 3 is 2.35 bits per heavy atom. The van der Waals surface area contributed by atoms with E-state index in [-0.39, 0.29) is 41.9 Å². The maximum Gasteiger partial charge on any atom is 0.325 e. The number of nitrogens with one attached hydrogen (secondary N) is 2. The molecule has 4 N–H and O–H groups in total. The van der Waals surface area contributed by atoms with Crippen molar-refractivity contribution in [2.45, 2.75) is 70.0 Å². The van der Waals surface area contributed by atoms with Crippen molar-refractivity contribution in [2.75, 3.05) is 13.1 Å². The molecule has 8 heteroatoms. The first-order valence-corrected chi connectivity index (χ1v) is 9.01. The van der Waals surface area contributed by atoms with Crippen molar-refractivity contribution < 1.29 is 14.4 Å². The zero-order valence-corrected chi connectivity index (χ0v) is 16.2. The van der Waals surface area contributed by atoms with Crippen molar-refractivity contribution in [2.24, 2.45) is 5.84 Å². The van der Waals surface area contributed by atoms with E-state index in [1.54, 1.807) is 0 Å². The van der Waals surface area contributed by atoms with E-state index in [4.69, 9.17) is 5.84 Å². The van der Waals surface area contributed by atoms with Gasteiger partial charge in [-0.05, 0) is 47.0 Å². The SMILES string of the molecule is C=CCN1C(C)(C)CC2(CC1(C)C)NC(=O)N(CCCC(=O)NN)C2=O. The highest BCUT2D eigenvalue weighted by Crippen LogP contribution is 2.45. The van der Waals surface area contributed by atoms with Gasteiger partial charge in [0.2, 0.25) is 5.91 Å². The minimum atomic E-state index is -0.905. The third kappa shape index (κ3) is 3.61. The van der Waals surface area contributed by atoms with Crippen LogP contribution in [0.2, 0.25) is 0 Å². The van der Waals surface area contributed by atoms with Crippen LogP contribution in [0.3, 0.4) is 0 Å². The number of likely N-dealkylation sites (tertiary alicyclic amines) is 1. The van der Waals surface area contributed by atoms with Crippen LogP contribution in [0, 0.1) is 0 Å². The number of carbonyl (C=O) groups excluding carboxylic acids is 3. The summed E-state index contributed by atoms with van der Waals surface area (Å²) in [5.74, 6) is 4.55. The number of hydrogen-bond donors (Lipinski definition) is 3. The Labute approximate surface area is 155 Å². The lowest BCUT2D eigenvalue weighted by atomic mass is 9.69. The molecule has 0 atom stereocenters. The second kappa shape index (κ2) is 7.00. The first-order valence-electron chi connectivity index (χ1n) is 9.01. The smallest absolute Gasteiger partial charge is 0.323 e. The van der Waals surface area contributed by atoms with E-state index in [1.165, 1.54) is 4.90 Å². The molecule has 0 radical (unpaired) electrons. The normalized spacial score (nSPS) is 23.8. The van der Waals surface area contributed by atoms with Gasteiger partial charge in [-0.25, -0.2) is 10.6 Å². The topological polar surface area (TPSA) is 108 Å². The molecular weight excluding hydrogens is 334 g/mol. The second-order valence-corrected chi connectivity index (χ2v) is 8.52. The average Bonchev–Trinajstić information content (AvgIpc) is 2.73. The lowest BCUT2D eigenvalue weighted by molar-refractivity contribution is -0.140. The molecule has 2 saturated heterocycles. The Kier molecular flexibility index (Phi) is 5.49. The van der Waals surface area contributed by atoms with Crippen LogP contribution in [-0.4, -0.2) is 57.4 Å². The standard InChI is InChI=1S/C18H31N5O3/c1-6-9-23-16(2,3)11-18(12-17(23,4)5)14(25)22(15(26)20-18)10-7-8-13(24)21-19/h6H,1,7-12,19H2,2-5H3,(H,20,26)(H,21,24). The molecule has 4 amide bonds. The number of piperidine rings is 1. The van der Waals surface area contributed by atoms with Crippen LogP contribution in [0.15, 0.2) is 12.7 Å². The van der Waals surface area contributed by atoms with Crippen molar-refractivity contribution in [3.63, 3.8) is 0 Å². The van der Waals surface area contributed by atoms with E-state index in [1.807, 2.05) is 6.08 Å². The predicted molar refractivity (Wildman–Crippen MR) is 98.8 cm³/mol. The molecule has 0 saturated carbocycles. The number of hydrazine groups is 1. The van der Waals surface area contributed by atoms with Gasteiger partial charge in [-0.2, -0.15) is 0 Å². The summed E-state index contributed by atoms with van der Waals surface area (Å²) < 4.78 is 0. The van der Waals surface area contributed by atoms with E-state index in [2.05, 4.69) is 49.9 Å². The molecule has 2 aliphatic heterocycles. The van der Waals surface area contributed by atoms with E-state index in [0.29, 0.717) is 19.3 Å². The van der Waals surface area contributed by atoms with Gasteiger partial charge in [0, 0.05) is 30.6 Å². The largest absolute Gasteiger partial charge is 0.325 e. The fourth-order valence-electron chi connectivity index (χ4n) is 4.76. The van der Waals surface area contributed by atoms with Crippen molar-refractivity contribution in [1.29, 1.82) is 0 Å². The summed E-state index contributed by atoms with van der Waals surface area (Å²) in [6, 6.07) is -0.382. The highest BCUT2D eigenvalue weighted by Gasteiger charge is 2.60. The van der Waals surface area contributed by atoms with Crippen molar-refractivity contribution in [3.05, 3.63) is 12.7 Å². The molecule has 0 bridgehead atoms. The number of carbonyl (C=O) groups is 3. The quantitative estimate of drug-likeness (QED) is 0.213. The first-order chi connectivity index (χ1) is 12.0. The monoisotopic (exact) mass is 365 g/mol. The molecule has 146 valence electrons. The van der Waals surface area contributed by atoms with E-state index < -0.39 is 5.54 Å². The lowest BCUT2D eigenvalue weighted by Gasteiger charge is -2.57. The maximum absolute atomic E-state index is 13.2. The zero-order chi connectivity index (χ0) is 19.8. The third-order valence-electron chi connectivity index (χ3n) is 5.43. The van der Waals surface area contributed by atoms with Gasteiger partial charge in [0.1, 0.15) is 5.54 Å². The number of hydrogen-bond acceptors (Lipinski definition) is 5. The van der Waals surface area contributed by atoms with E-state index >= 15 is 0 Å². The Balaban J connectivity index is 2.19. The Morgan fingerprint density at radius 1 is 1.27 bits per heavy atom. The van der Waals surface area contributed by atoms with Gasteiger partial charge in [-0.3, -0.25) is 24.8 Å². The molecule has 2 heterocycles. The van der Waals surface area contributed by atoms with Crippen LogP contribution in [0.5, 0.6) is 0 Å². The molecule has 2 rings (SSSR count). The number of rotatable bonds is 6. The minimum Gasteiger partial charge on any atom is -0.323 e. The molecule has 0 unspecified atom stereocenters. The highest BCUT2D eigenvalue weighted by atomic mass is 16.2. The van der Waals surface area contributed by atoms with Crippen LogP contribution in [0.4, 0.5) is 4.79 Å². The van der Waals surface area contributed by atoms with Crippen LogP contribution in [0.1, 0.15) is 53.4 Å². The fraction of sp³-hybridized carbons (Fsp3) is 0.722. The van der Waals surface area contributed by atoms with Crippen LogP contribution < -0.4 is 16.6 Å². The predicted octanol–water partition coefficient (Wildman–Crippen LogP) is 0.886. The molecule has 2 fully saturated rings. The van der Waals surface area contributed by atoms with Gasteiger partial charge in [0.05, 0.1) is 0 Å². The molecule has 26 heavy (non-hydrogen) atoms. The maximum atomic E-state index is 13.2. The van der Waals surface area contributed by atoms with Crippen LogP contribution in [0.25, 0.3) is 0 Å². The summed E-state index contributed by atoms with van der Waals surface area (Å²) in [5.41, 5.74) is 0.580. The Morgan fingerprint density at radius 2 is 1.85 bits per heavy atom. The molecule has 0 aliphatic carbocycles. The summed E-state index contributed by atoms with van der Waals surface area (Å²) >= 11 is 0. The number of urea groups is 1. The average molecular weight is 365 g/mol. The number of nitrogens with zero attached hydrogens (tertiary/aromatic N) is 2. The summed E-state index contributed by atoms with van der Waals surface area (Å²) in [6.45, 7) is 13.1. The van der Waals surface area contributed by atoms with Gasteiger partial charge >= 0.3 is 6.03 Å². The Hall–Kier alpha value is -1.93. The Bertz CT molecular complexity index is 596. The summed E-state index contributed by atoms with van der Waals surface area (Å²) in [5, 5.41) is 2.95. The molecule has 1 spiro atoms. The molecule has 0 aromatic carbocycles. The first kappa shape index (κ1) is 20.4. The van der Waals surface area contributed by atoms with Crippen molar-refractivity contribution in [3.8, 4) is 0 Å². The zero-order valence-electron chi connectivity index (χ0n) is 16.2. The van der Waals surface area contributed by atoms with Gasteiger partial charge in [-0.15, -0.1) is 6.58 Å². The molecular formula is C18H31N5O3. The minimum absolute atomic E-state index is 0.171. The number of imide groups is 1. The fourth-order valence-corrected chi connectivity index (χ4v) is 4.76. The number of nitrogens with two attached hydrogens (primary N) is 1. The van der Waals surface area contributed by atoms with Gasteiger partial charge in [-0.1, -0.05) is 6.08 Å². The summed E-state index contributed by atoms with van der Waals surface area (Å²) in [4.78, 5) is 40.4. The van der Waals surface area contributed by atoms with E-state index in [9.17, 15) is 14.4 Å². The summed E-state index contributed by atoms with van der Waals surface area (Å²) in [6.07, 6.45) is 3.48. The lowest BCUT2D eigenvalue weighted by Crippen LogP contribution is -2.69. The molecule has 8 nitrogen and oxygen atoms in total. The summed E-state index contributed by atoms with van der Waals surface area (Å²) in [7, 11) is 0. The van der Waals surface area contributed by atoms with E-state index in [0.717, 1.165) is 6.54 Å². The second-order valence-electron chi connectivity index (χ2n) is 8.52. The van der Waals surface area contributed by atoms with Gasteiger partial charge in [0.15, 0.2) is 0 Å².